The van der Waals surface area contributed by atoms with E-state index in [1.165, 1.54) is 0 Å². The average Bonchev–Trinajstić information content (AvgIpc) is 2.54. The zero-order chi connectivity index (χ0) is 15.7. The second-order valence-electron chi connectivity index (χ2n) is 5.50. The van der Waals surface area contributed by atoms with Crippen LogP contribution in [0.1, 0.15) is 12.8 Å². The Kier molecular flexibility index (Phi) is 4.40. The van der Waals surface area contributed by atoms with Crippen LogP contribution in [0, 0.1) is 0 Å². The summed E-state index contributed by atoms with van der Waals surface area (Å²) in [6, 6.07) is 5.47. The van der Waals surface area contributed by atoms with Gasteiger partial charge < -0.3 is 5.32 Å². The van der Waals surface area contributed by atoms with Crippen LogP contribution >= 0.6 is 12.6 Å². The molecule has 1 aromatic carbocycles. The number of pyridine rings is 1. The van der Waals surface area contributed by atoms with Crippen molar-refractivity contribution in [1.29, 1.82) is 0 Å². The smallest absolute Gasteiger partial charge is 0.243 e. The van der Waals surface area contributed by atoms with Crippen LogP contribution < -0.4 is 5.32 Å². The van der Waals surface area contributed by atoms with Gasteiger partial charge >= 0.3 is 0 Å². The van der Waals surface area contributed by atoms with E-state index in [0.717, 1.165) is 18.2 Å². The molecule has 3 rings (SSSR count). The van der Waals surface area contributed by atoms with Gasteiger partial charge in [0, 0.05) is 47.2 Å². The topological polar surface area (TPSA) is 62.3 Å². The Balaban J connectivity index is 2.10. The van der Waals surface area contributed by atoms with E-state index in [2.05, 4.69) is 22.9 Å². The molecule has 1 aliphatic heterocycles. The molecular weight excluding hydrogens is 318 g/mol. The number of nitrogens with one attached hydrogen (secondary N) is 1. The van der Waals surface area contributed by atoms with Crippen LogP contribution in [-0.4, -0.2) is 43.9 Å². The molecule has 1 fully saturated rings. The van der Waals surface area contributed by atoms with E-state index in [9.17, 15) is 8.42 Å². The summed E-state index contributed by atoms with van der Waals surface area (Å²) in [5, 5.41) is 4.61. The molecule has 118 valence electrons. The number of piperidine rings is 1. The lowest BCUT2D eigenvalue weighted by molar-refractivity contribution is 0.293. The maximum atomic E-state index is 13.1. The first-order valence-electron chi connectivity index (χ1n) is 7.27. The van der Waals surface area contributed by atoms with Crippen LogP contribution in [0.3, 0.4) is 0 Å². The standard InChI is InChI=1S/C15H19N3O2S2/c1-16-12-5-3-7-18(10-12)22(19,20)14-6-2-4-11-8-17-9-13(21)15(11)14/h2,4,6,8-9,12,16,21H,3,5,7,10H2,1H3. The Morgan fingerprint density at radius 1 is 1.36 bits per heavy atom. The van der Waals surface area contributed by atoms with Gasteiger partial charge in [-0.15, -0.1) is 12.6 Å². The summed E-state index contributed by atoms with van der Waals surface area (Å²) in [5.41, 5.74) is 0. The number of sulfonamides is 1. The minimum Gasteiger partial charge on any atom is -0.316 e. The number of likely N-dealkylation sites (N-methyl/N-ethyl adjacent to an activating group) is 1. The first-order chi connectivity index (χ1) is 10.5. The van der Waals surface area contributed by atoms with Crippen molar-refractivity contribution in [2.75, 3.05) is 20.1 Å². The summed E-state index contributed by atoms with van der Waals surface area (Å²) in [6.45, 7) is 1.06. The van der Waals surface area contributed by atoms with Gasteiger partial charge in [0.05, 0.1) is 4.90 Å². The molecule has 0 amide bonds. The molecule has 2 heterocycles. The molecule has 1 saturated heterocycles. The maximum Gasteiger partial charge on any atom is 0.243 e. The molecule has 0 bridgehead atoms. The molecule has 0 aliphatic carbocycles. The van der Waals surface area contributed by atoms with E-state index in [1.54, 1.807) is 28.8 Å². The van der Waals surface area contributed by atoms with Crippen LogP contribution in [0.4, 0.5) is 0 Å². The average molecular weight is 337 g/mol. The molecule has 0 saturated carbocycles. The Morgan fingerprint density at radius 3 is 2.95 bits per heavy atom. The lowest BCUT2D eigenvalue weighted by Crippen LogP contribution is -2.46. The Labute approximate surface area is 136 Å². The first-order valence-corrected chi connectivity index (χ1v) is 9.16. The molecule has 2 aromatic rings. The highest BCUT2D eigenvalue weighted by Crippen LogP contribution is 2.31. The third-order valence-electron chi connectivity index (χ3n) is 4.14. The lowest BCUT2D eigenvalue weighted by Gasteiger charge is -2.32. The molecule has 1 N–H and O–H groups in total. The number of hydrogen-bond donors (Lipinski definition) is 2. The van der Waals surface area contributed by atoms with Crippen molar-refractivity contribution in [2.45, 2.75) is 28.7 Å². The lowest BCUT2D eigenvalue weighted by atomic mass is 10.1. The summed E-state index contributed by atoms with van der Waals surface area (Å²) in [7, 11) is -1.67. The number of benzene rings is 1. The monoisotopic (exact) mass is 337 g/mol. The highest BCUT2D eigenvalue weighted by Gasteiger charge is 2.31. The molecule has 1 aliphatic rings. The fraction of sp³-hybridized carbons (Fsp3) is 0.400. The largest absolute Gasteiger partial charge is 0.316 e. The van der Waals surface area contributed by atoms with Crippen molar-refractivity contribution in [1.82, 2.24) is 14.6 Å². The normalized spacial score (nSPS) is 20.4. The minimum absolute atomic E-state index is 0.204. The zero-order valence-corrected chi connectivity index (χ0v) is 14.1. The number of rotatable bonds is 3. The Morgan fingerprint density at radius 2 is 2.18 bits per heavy atom. The van der Waals surface area contributed by atoms with Crippen LogP contribution in [0.25, 0.3) is 10.8 Å². The number of hydrogen-bond acceptors (Lipinski definition) is 5. The van der Waals surface area contributed by atoms with Gasteiger partial charge in [-0.3, -0.25) is 4.98 Å². The third-order valence-corrected chi connectivity index (χ3v) is 6.38. The summed E-state index contributed by atoms with van der Waals surface area (Å²) < 4.78 is 27.7. The van der Waals surface area contributed by atoms with Crippen molar-refractivity contribution >= 4 is 33.4 Å². The van der Waals surface area contributed by atoms with Gasteiger partial charge in [-0.25, -0.2) is 8.42 Å². The van der Waals surface area contributed by atoms with E-state index in [1.807, 2.05) is 13.1 Å². The number of aromatic nitrogens is 1. The summed E-state index contributed by atoms with van der Waals surface area (Å²) in [6.07, 6.45) is 5.11. The molecule has 1 aromatic heterocycles. The van der Waals surface area contributed by atoms with E-state index < -0.39 is 10.0 Å². The predicted molar refractivity (Wildman–Crippen MR) is 89.8 cm³/mol. The van der Waals surface area contributed by atoms with Gasteiger partial charge in [-0.05, 0) is 26.0 Å². The SMILES string of the molecule is CNC1CCCN(S(=O)(=O)c2cccc3cncc(S)c23)C1. The minimum atomic E-state index is -3.54. The van der Waals surface area contributed by atoms with E-state index in [0.29, 0.717) is 28.3 Å². The maximum absolute atomic E-state index is 13.1. The second-order valence-corrected chi connectivity index (χ2v) is 7.89. The van der Waals surface area contributed by atoms with Gasteiger partial charge in [0.25, 0.3) is 0 Å². The highest BCUT2D eigenvalue weighted by atomic mass is 32.2. The summed E-state index contributed by atoms with van der Waals surface area (Å²) in [4.78, 5) is 4.97. The predicted octanol–water partition coefficient (Wildman–Crippen LogP) is 1.90. The molecule has 22 heavy (non-hydrogen) atoms. The van der Waals surface area contributed by atoms with Crippen molar-refractivity contribution in [3.63, 3.8) is 0 Å². The molecular formula is C15H19N3O2S2. The molecule has 0 radical (unpaired) electrons. The van der Waals surface area contributed by atoms with Gasteiger partial charge in [0.2, 0.25) is 10.0 Å². The van der Waals surface area contributed by atoms with E-state index >= 15 is 0 Å². The van der Waals surface area contributed by atoms with Crippen LogP contribution in [0.15, 0.2) is 40.4 Å². The molecule has 7 heteroatoms. The Bertz CT molecular complexity index is 787. The van der Waals surface area contributed by atoms with Crippen LogP contribution in [0.5, 0.6) is 0 Å². The van der Waals surface area contributed by atoms with Crippen molar-refractivity contribution < 1.29 is 8.42 Å². The molecule has 5 nitrogen and oxygen atoms in total. The van der Waals surface area contributed by atoms with Crippen molar-refractivity contribution in [2.24, 2.45) is 0 Å². The van der Waals surface area contributed by atoms with Crippen molar-refractivity contribution in [3.8, 4) is 0 Å². The first kappa shape index (κ1) is 15.7. The van der Waals surface area contributed by atoms with Gasteiger partial charge in [-0.2, -0.15) is 4.31 Å². The molecule has 0 spiro atoms. The van der Waals surface area contributed by atoms with E-state index in [4.69, 9.17) is 0 Å². The molecule has 1 unspecified atom stereocenters. The van der Waals surface area contributed by atoms with Gasteiger partial charge in [0.15, 0.2) is 0 Å². The summed E-state index contributed by atoms with van der Waals surface area (Å²) in [5.74, 6) is 0. The third kappa shape index (κ3) is 2.74. The zero-order valence-electron chi connectivity index (χ0n) is 12.4. The van der Waals surface area contributed by atoms with Crippen LogP contribution in [0.2, 0.25) is 0 Å². The molecule has 1 atom stereocenters. The van der Waals surface area contributed by atoms with Crippen LogP contribution in [-0.2, 0) is 10.0 Å². The van der Waals surface area contributed by atoms with Crippen molar-refractivity contribution in [3.05, 3.63) is 30.6 Å². The Hall–Kier alpha value is -1.15. The fourth-order valence-electron chi connectivity index (χ4n) is 2.93. The number of fused-ring (bicyclic) bond motifs is 1. The summed E-state index contributed by atoms with van der Waals surface area (Å²) >= 11 is 4.39. The highest BCUT2D eigenvalue weighted by molar-refractivity contribution is 7.89. The van der Waals surface area contributed by atoms with E-state index in [-0.39, 0.29) is 6.04 Å². The number of thiol groups is 1. The fourth-order valence-corrected chi connectivity index (χ4v) is 5.08. The quantitative estimate of drug-likeness (QED) is 0.840. The second kappa shape index (κ2) is 6.16. The van der Waals surface area contributed by atoms with Gasteiger partial charge in [-0.1, -0.05) is 12.1 Å². The number of nitrogens with zero attached hydrogens (tertiary/aromatic N) is 2. The van der Waals surface area contributed by atoms with Gasteiger partial charge in [0.1, 0.15) is 0 Å².